The molecule has 0 atom stereocenters. The molecule has 1 aliphatic heterocycles. The molecule has 10 heteroatoms. The first kappa shape index (κ1) is 23.1. The van der Waals surface area contributed by atoms with E-state index in [-0.39, 0.29) is 17.5 Å². The molecule has 0 saturated carbocycles. The second-order valence-electron chi connectivity index (χ2n) is 7.66. The molecule has 2 N–H and O–H groups in total. The summed E-state index contributed by atoms with van der Waals surface area (Å²) in [6, 6.07) is 7.03. The average molecular weight is 450 g/mol. The number of amides is 2. The van der Waals surface area contributed by atoms with Crippen LogP contribution in [-0.2, 0) is 10.0 Å². The maximum Gasteiger partial charge on any atom is 0.321 e. The molecule has 170 valence electrons. The molecule has 1 aliphatic rings. The molecule has 1 aromatic carbocycles. The van der Waals surface area contributed by atoms with Crippen molar-refractivity contribution in [2.45, 2.75) is 44.9 Å². The first-order valence-electron chi connectivity index (χ1n) is 10.6. The van der Waals surface area contributed by atoms with E-state index in [2.05, 4.69) is 22.4 Å². The van der Waals surface area contributed by atoms with E-state index in [4.69, 9.17) is 4.74 Å². The van der Waals surface area contributed by atoms with Crippen LogP contribution in [0, 0.1) is 13.8 Å². The van der Waals surface area contributed by atoms with Crippen LogP contribution in [0.15, 0.2) is 29.2 Å². The van der Waals surface area contributed by atoms with Crippen LogP contribution < -0.4 is 10.1 Å². The summed E-state index contributed by atoms with van der Waals surface area (Å²) in [5.74, 6) is 0.770. The number of aromatic amines is 1. The van der Waals surface area contributed by atoms with Gasteiger partial charge in [0.25, 0.3) is 0 Å². The number of hydrogen-bond donors (Lipinski definition) is 2. The van der Waals surface area contributed by atoms with Gasteiger partial charge in [0.1, 0.15) is 10.6 Å². The van der Waals surface area contributed by atoms with Gasteiger partial charge in [-0.1, -0.05) is 13.3 Å². The van der Waals surface area contributed by atoms with E-state index in [1.54, 1.807) is 30.9 Å². The lowest BCUT2D eigenvalue weighted by molar-refractivity contribution is 0.214. The minimum atomic E-state index is -3.66. The summed E-state index contributed by atoms with van der Waals surface area (Å²) in [5, 5.41) is 9.62. The maximum atomic E-state index is 13.1. The number of nitrogens with one attached hydrogen (secondary N) is 2. The average Bonchev–Trinajstić information content (AvgIpc) is 2.94. The number of aromatic nitrogens is 2. The van der Waals surface area contributed by atoms with E-state index in [1.165, 1.54) is 4.31 Å². The highest BCUT2D eigenvalue weighted by Crippen LogP contribution is 2.23. The fraction of sp³-hybridized carbons (Fsp3) is 0.524. The van der Waals surface area contributed by atoms with Crippen molar-refractivity contribution in [3.8, 4) is 5.75 Å². The van der Waals surface area contributed by atoms with Crippen LogP contribution >= 0.6 is 0 Å². The number of rotatable bonds is 7. The molecular formula is C21H31N5O4S. The molecule has 0 radical (unpaired) electrons. The molecule has 2 aromatic rings. The number of anilines is 1. The Balaban J connectivity index is 1.58. The van der Waals surface area contributed by atoms with Crippen molar-refractivity contribution in [2.75, 3.05) is 38.1 Å². The van der Waals surface area contributed by atoms with Gasteiger partial charge in [-0.05, 0) is 51.0 Å². The SMILES string of the molecule is CCCCOc1ccc(NC(=O)N2CCCN(S(=O)(=O)c3c(C)n[nH]c3C)CC2)cc1. The summed E-state index contributed by atoms with van der Waals surface area (Å²) in [6.45, 7) is 7.56. The Morgan fingerprint density at radius 2 is 1.90 bits per heavy atom. The molecule has 3 rings (SSSR count). The third kappa shape index (κ3) is 5.56. The Kier molecular flexibility index (Phi) is 7.55. The summed E-state index contributed by atoms with van der Waals surface area (Å²) in [7, 11) is -3.66. The number of urea groups is 1. The zero-order chi connectivity index (χ0) is 22.4. The molecule has 1 saturated heterocycles. The topological polar surface area (TPSA) is 108 Å². The first-order valence-corrected chi connectivity index (χ1v) is 12.1. The predicted octanol–water partition coefficient (Wildman–Crippen LogP) is 3.13. The van der Waals surface area contributed by atoms with Crippen molar-refractivity contribution >= 4 is 21.7 Å². The number of nitrogens with zero attached hydrogens (tertiary/aromatic N) is 3. The lowest BCUT2D eigenvalue weighted by Crippen LogP contribution is -2.39. The number of unbranched alkanes of at least 4 members (excludes halogenated alkanes) is 1. The maximum absolute atomic E-state index is 13.1. The zero-order valence-electron chi connectivity index (χ0n) is 18.3. The third-order valence-corrected chi connectivity index (χ3v) is 7.44. The van der Waals surface area contributed by atoms with Gasteiger partial charge >= 0.3 is 6.03 Å². The summed E-state index contributed by atoms with van der Waals surface area (Å²) in [5.41, 5.74) is 1.66. The number of aryl methyl sites for hydroxylation is 2. The van der Waals surface area contributed by atoms with E-state index >= 15 is 0 Å². The van der Waals surface area contributed by atoms with Gasteiger partial charge in [-0.25, -0.2) is 13.2 Å². The smallest absolute Gasteiger partial charge is 0.321 e. The van der Waals surface area contributed by atoms with Crippen LogP contribution in [0.4, 0.5) is 10.5 Å². The summed E-state index contributed by atoms with van der Waals surface area (Å²) in [4.78, 5) is 14.6. The van der Waals surface area contributed by atoms with Gasteiger partial charge in [-0.2, -0.15) is 9.40 Å². The van der Waals surface area contributed by atoms with Crippen LogP contribution in [0.3, 0.4) is 0 Å². The Hall–Kier alpha value is -2.59. The molecular weight excluding hydrogens is 418 g/mol. The molecule has 1 fully saturated rings. The van der Waals surface area contributed by atoms with E-state index < -0.39 is 10.0 Å². The Morgan fingerprint density at radius 3 is 2.55 bits per heavy atom. The molecule has 0 spiro atoms. The second kappa shape index (κ2) is 10.1. The van der Waals surface area contributed by atoms with Crippen molar-refractivity contribution in [1.29, 1.82) is 0 Å². The number of H-pyrrole nitrogens is 1. The quantitative estimate of drug-likeness (QED) is 0.632. The van der Waals surface area contributed by atoms with Gasteiger partial charge in [0.2, 0.25) is 10.0 Å². The minimum absolute atomic E-state index is 0.228. The van der Waals surface area contributed by atoms with E-state index in [0.717, 1.165) is 18.6 Å². The van der Waals surface area contributed by atoms with Crippen LogP contribution in [0.25, 0.3) is 0 Å². The van der Waals surface area contributed by atoms with Crippen LogP contribution in [0.1, 0.15) is 37.6 Å². The molecule has 9 nitrogen and oxygen atoms in total. The fourth-order valence-corrected chi connectivity index (χ4v) is 5.36. The summed E-state index contributed by atoms with van der Waals surface area (Å²) in [6.07, 6.45) is 2.64. The lowest BCUT2D eigenvalue weighted by Gasteiger charge is -2.22. The highest BCUT2D eigenvalue weighted by Gasteiger charge is 2.31. The van der Waals surface area contributed by atoms with Crippen molar-refractivity contribution in [2.24, 2.45) is 0 Å². The van der Waals surface area contributed by atoms with E-state index in [1.807, 2.05) is 12.1 Å². The zero-order valence-corrected chi connectivity index (χ0v) is 19.2. The van der Waals surface area contributed by atoms with E-state index in [0.29, 0.717) is 49.7 Å². The second-order valence-corrected chi connectivity index (χ2v) is 9.54. The highest BCUT2D eigenvalue weighted by atomic mass is 32.2. The number of ether oxygens (including phenoxy) is 1. The Morgan fingerprint density at radius 1 is 1.16 bits per heavy atom. The van der Waals surface area contributed by atoms with Gasteiger partial charge in [0.05, 0.1) is 18.0 Å². The van der Waals surface area contributed by atoms with Crippen LogP contribution in [0.2, 0.25) is 0 Å². The monoisotopic (exact) mass is 449 g/mol. The highest BCUT2D eigenvalue weighted by molar-refractivity contribution is 7.89. The standard InChI is InChI=1S/C21H31N5O4S/c1-4-5-15-30-19-9-7-18(8-10-19)22-21(27)25-11-6-12-26(14-13-25)31(28,29)20-16(2)23-24-17(20)3/h7-10H,4-6,11-15H2,1-3H3,(H,22,27)(H,23,24). The van der Waals surface area contributed by atoms with Gasteiger partial charge in [0.15, 0.2) is 0 Å². The first-order chi connectivity index (χ1) is 14.8. The number of carbonyl (C=O) groups excluding carboxylic acids is 1. The number of hydrogen-bond acceptors (Lipinski definition) is 5. The normalized spacial score (nSPS) is 15.5. The van der Waals surface area contributed by atoms with Crippen LogP contribution in [-0.4, -0.2) is 66.6 Å². The lowest BCUT2D eigenvalue weighted by atomic mass is 10.3. The molecule has 0 aliphatic carbocycles. The van der Waals surface area contributed by atoms with Crippen LogP contribution in [0.5, 0.6) is 5.75 Å². The van der Waals surface area contributed by atoms with Crippen molar-refractivity contribution < 1.29 is 17.9 Å². The molecule has 0 bridgehead atoms. The molecule has 2 amide bonds. The fourth-order valence-electron chi connectivity index (χ4n) is 3.56. The molecule has 31 heavy (non-hydrogen) atoms. The number of sulfonamides is 1. The number of benzene rings is 1. The van der Waals surface area contributed by atoms with Gasteiger partial charge in [0, 0.05) is 31.9 Å². The predicted molar refractivity (Wildman–Crippen MR) is 119 cm³/mol. The van der Waals surface area contributed by atoms with Gasteiger partial charge in [-0.3, -0.25) is 5.10 Å². The van der Waals surface area contributed by atoms with Crippen molar-refractivity contribution in [1.82, 2.24) is 19.4 Å². The van der Waals surface area contributed by atoms with Gasteiger partial charge in [-0.15, -0.1) is 0 Å². The van der Waals surface area contributed by atoms with Crippen molar-refractivity contribution in [3.05, 3.63) is 35.7 Å². The minimum Gasteiger partial charge on any atom is -0.494 e. The molecule has 1 aromatic heterocycles. The Bertz CT molecular complexity index is 968. The molecule has 2 heterocycles. The summed E-state index contributed by atoms with van der Waals surface area (Å²) >= 11 is 0. The number of carbonyl (C=O) groups is 1. The molecule has 0 unspecified atom stereocenters. The van der Waals surface area contributed by atoms with E-state index in [9.17, 15) is 13.2 Å². The van der Waals surface area contributed by atoms with Gasteiger partial charge < -0.3 is 15.0 Å². The third-order valence-electron chi connectivity index (χ3n) is 5.27. The summed E-state index contributed by atoms with van der Waals surface area (Å²) < 4.78 is 33.2. The van der Waals surface area contributed by atoms with Crippen molar-refractivity contribution in [3.63, 3.8) is 0 Å². The largest absolute Gasteiger partial charge is 0.494 e. The Labute approximate surface area is 183 Å².